The van der Waals surface area contributed by atoms with Gasteiger partial charge in [-0.2, -0.15) is 0 Å². The predicted molar refractivity (Wildman–Crippen MR) is 72.6 cm³/mol. The van der Waals surface area contributed by atoms with Crippen molar-refractivity contribution in [1.82, 2.24) is 0 Å². The van der Waals surface area contributed by atoms with Gasteiger partial charge in [0.15, 0.2) is 0 Å². The molecule has 0 radical (unpaired) electrons. The maximum atomic E-state index is 11.7. The molecule has 0 amide bonds. The highest BCUT2D eigenvalue weighted by Crippen LogP contribution is 2.41. The highest BCUT2D eigenvalue weighted by Gasteiger charge is 2.41. The third kappa shape index (κ3) is 2.74. The molecule has 0 heterocycles. The summed E-state index contributed by atoms with van der Waals surface area (Å²) >= 11 is 0. The maximum absolute atomic E-state index is 11.7. The quantitative estimate of drug-likeness (QED) is 0.880. The lowest BCUT2D eigenvalue weighted by Crippen LogP contribution is -2.37. The molecule has 1 saturated carbocycles. The third-order valence-electron chi connectivity index (χ3n) is 4.31. The lowest BCUT2D eigenvalue weighted by atomic mass is 9.68. The van der Waals surface area contributed by atoms with Crippen LogP contribution in [0.5, 0.6) is 0 Å². The van der Waals surface area contributed by atoms with Crippen molar-refractivity contribution in [3.63, 3.8) is 0 Å². The van der Waals surface area contributed by atoms with Gasteiger partial charge in [0.05, 0.1) is 5.41 Å². The summed E-state index contributed by atoms with van der Waals surface area (Å²) in [6.45, 7) is 4.28. The standard InChI is InChI=1S/C16H22O2/c1-12-6-8-16(9-7-12,15(17)18)11-14-5-3-4-13(2)10-14/h3-5,10,12H,6-9,11H2,1-2H3,(H,17,18). The van der Waals surface area contributed by atoms with E-state index >= 15 is 0 Å². The first kappa shape index (κ1) is 13.1. The third-order valence-corrected chi connectivity index (χ3v) is 4.31. The molecule has 1 aliphatic rings. The topological polar surface area (TPSA) is 37.3 Å². The number of aryl methyl sites for hydroxylation is 1. The minimum absolute atomic E-state index is 0.527. The second-order valence-electron chi connectivity index (χ2n) is 5.93. The van der Waals surface area contributed by atoms with Crippen molar-refractivity contribution < 1.29 is 9.90 Å². The van der Waals surface area contributed by atoms with Gasteiger partial charge in [-0.25, -0.2) is 0 Å². The Morgan fingerprint density at radius 3 is 2.61 bits per heavy atom. The number of hydrogen-bond acceptors (Lipinski definition) is 1. The second kappa shape index (κ2) is 5.13. The Balaban J connectivity index is 2.19. The van der Waals surface area contributed by atoms with E-state index in [0.717, 1.165) is 31.2 Å². The Bertz CT molecular complexity index is 428. The molecule has 0 unspecified atom stereocenters. The largest absolute Gasteiger partial charge is 0.481 e. The van der Waals surface area contributed by atoms with Crippen LogP contribution >= 0.6 is 0 Å². The number of carboxylic acid groups (broad SMARTS) is 1. The van der Waals surface area contributed by atoms with Crippen LogP contribution in [0.2, 0.25) is 0 Å². The van der Waals surface area contributed by atoms with Gasteiger partial charge in [-0.05, 0) is 50.5 Å². The van der Waals surface area contributed by atoms with E-state index in [2.05, 4.69) is 32.0 Å². The van der Waals surface area contributed by atoms with E-state index in [4.69, 9.17) is 0 Å². The molecule has 18 heavy (non-hydrogen) atoms. The molecule has 98 valence electrons. The number of hydrogen-bond donors (Lipinski definition) is 1. The summed E-state index contributed by atoms with van der Waals surface area (Å²) in [6.07, 6.45) is 4.39. The van der Waals surface area contributed by atoms with E-state index < -0.39 is 11.4 Å². The monoisotopic (exact) mass is 246 g/mol. The van der Waals surface area contributed by atoms with Crippen LogP contribution in [0.15, 0.2) is 24.3 Å². The summed E-state index contributed by atoms with van der Waals surface area (Å²) in [4.78, 5) is 11.7. The van der Waals surface area contributed by atoms with Gasteiger partial charge in [0, 0.05) is 0 Å². The fourth-order valence-electron chi connectivity index (χ4n) is 2.99. The average Bonchev–Trinajstić information content (AvgIpc) is 2.32. The van der Waals surface area contributed by atoms with Crippen LogP contribution in [0.3, 0.4) is 0 Å². The van der Waals surface area contributed by atoms with E-state index in [1.165, 1.54) is 5.56 Å². The number of benzene rings is 1. The number of aliphatic carboxylic acids is 1. The van der Waals surface area contributed by atoms with Crippen LogP contribution in [-0.4, -0.2) is 11.1 Å². The van der Waals surface area contributed by atoms with Gasteiger partial charge in [-0.3, -0.25) is 4.79 Å². The Morgan fingerprint density at radius 2 is 2.06 bits per heavy atom. The number of carbonyl (C=O) groups is 1. The Hall–Kier alpha value is -1.31. The first-order valence-corrected chi connectivity index (χ1v) is 6.81. The van der Waals surface area contributed by atoms with Crippen molar-refractivity contribution in [3.8, 4) is 0 Å². The lowest BCUT2D eigenvalue weighted by Gasteiger charge is -2.36. The van der Waals surface area contributed by atoms with Crippen LogP contribution < -0.4 is 0 Å². The molecule has 0 aliphatic heterocycles. The molecule has 0 saturated heterocycles. The SMILES string of the molecule is Cc1cccc(CC2(C(=O)O)CCC(C)CC2)c1. The molecule has 2 heteroatoms. The molecule has 1 N–H and O–H groups in total. The molecular weight excluding hydrogens is 224 g/mol. The summed E-state index contributed by atoms with van der Waals surface area (Å²) in [5.41, 5.74) is 1.84. The zero-order valence-electron chi connectivity index (χ0n) is 11.3. The van der Waals surface area contributed by atoms with Gasteiger partial charge in [0.25, 0.3) is 0 Å². The summed E-state index contributed by atoms with van der Waals surface area (Å²) in [5.74, 6) is 0.0610. The molecule has 0 atom stereocenters. The van der Waals surface area contributed by atoms with Crippen molar-refractivity contribution in [1.29, 1.82) is 0 Å². The van der Waals surface area contributed by atoms with Crippen LogP contribution in [0.1, 0.15) is 43.7 Å². The van der Waals surface area contributed by atoms with E-state index in [1.807, 2.05) is 6.07 Å². The van der Waals surface area contributed by atoms with Gasteiger partial charge in [-0.15, -0.1) is 0 Å². The molecule has 0 aromatic heterocycles. The Morgan fingerprint density at radius 1 is 1.39 bits per heavy atom. The number of carboxylic acids is 1. The molecular formula is C16H22O2. The summed E-state index contributed by atoms with van der Waals surface area (Å²) in [5, 5.41) is 9.61. The molecule has 0 spiro atoms. The molecule has 2 nitrogen and oxygen atoms in total. The fourth-order valence-corrected chi connectivity index (χ4v) is 2.99. The zero-order valence-corrected chi connectivity index (χ0v) is 11.3. The van der Waals surface area contributed by atoms with Crippen molar-refractivity contribution in [2.24, 2.45) is 11.3 Å². The lowest BCUT2D eigenvalue weighted by molar-refractivity contribution is -0.151. The Kier molecular flexibility index (Phi) is 3.74. The highest BCUT2D eigenvalue weighted by molar-refractivity contribution is 5.75. The van der Waals surface area contributed by atoms with Gasteiger partial charge in [0.1, 0.15) is 0 Å². The average molecular weight is 246 g/mol. The second-order valence-corrected chi connectivity index (χ2v) is 5.93. The van der Waals surface area contributed by atoms with Gasteiger partial charge < -0.3 is 5.11 Å². The van der Waals surface area contributed by atoms with E-state index in [-0.39, 0.29) is 0 Å². The van der Waals surface area contributed by atoms with E-state index in [9.17, 15) is 9.90 Å². The molecule has 1 fully saturated rings. The first-order valence-electron chi connectivity index (χ1n) is 6.81. The maximum Gasteiger partial charge on any atom is 0.309 e. The number of rotatable bonds is 3. The summed E-state index contributed by atoms with van der Waals surface area (Å²) in [7, 11) is 0. The van der Waals surface area contributed by atoms with Crippen LogP contribution in [0, 0.1) is 18.3 Å². The molecule has 2 rings (SSSR count). The normalized spacial score (nSPS) is 28.0. The molecule has 1 aromatic rings. The van der Waals surface area contributed by atoms with E-state index in [0.29, 0.717) is 12.3 Å². The Labute approximate surface area is 109 Å². The minimum atomic E-state index is -0.615. The van der Waals surface area contributed by atoms with Crippen molar-refractivity contribution in [2.75, 3.05) is 0 Å². The molecule has 1 aliphatic carbocycles. The first-order chi connectivity index (χ1) is 8.52. The zero-order chi connectivity index (χ0) is 13.2. The molecule has 1 aromatic carbocycles. The van der Waals surface area contributed by atoms with Crippen LogP contribution in [-0.2, 0) is 11.2 Å². The van der Waals surface area contributed by atoms with Gasteiger partial charge in [0.2, 0.25) is 0 Å². The van der Waals surface area contributed by atoms with Crippen molar-refractivity contribution >= 4 is 5.97 Å². The van der Waals surface area contributed by atoms with Crippen LogP contribution in [0.25, 0.3) is 0 Å². The van der Waals surface area contributed by atoms with Gasteiger partial charge >= 0.3 is 5.97 Å². The molecule has 0 bridgehead atoms. The fraction of sp³-hybridized carbons (Fsp3) is 0.562. The van der Waals surface area contributed by atoms with Crippen LogP contribution in [0.4, 0.5) is 0 Å². The van der Waals surface area contributed by atoms with Gasteiger partial charge in [-0.1, -0.05) is 36.8 Å². The summed E-state index contributed by atoms with van der Waals surface area (Å²) < 4.78 is 0. The van der Waals surface area contributed by atoms with Crippen molar-refractivity contribution in [3.05, 3.63) is 35.4 Å². The highest BCUT2D eigenvalue weighted by atomic mass is 16.4. The smallest absolute Gasteiger partial charge is 0.309 e. The summed E-state index contributed by atoms with van der Waals surface area (Å²) in [6, 6.07) is 8.24. The van der Waals surface area contributed by atoms with Crippen molar-refractivity contribution in [2.45, 2.75) is 46.0 Å². The predicted octanol–water partition coefficient (Wildman–Crippen LogP) is 3.82. The minimum Gasteiger partial charge on any atom is -0.481 e. The van der Waals surface area contributed by atoms with E-state index in [1.54, 1.807) is 0 Å².